The van der Waals surface area contributed by atoms with Crippen LogP contribution >= 0.6 is 11.9 Å². The van der Waals surface area contributed by atoms with Gasteiger partial charge >= 0.3 is 0 Å². The van der Waals surface area contributed by atoms with Crippen molar-refractivity contribution >= 4 is 23.3 Å². The summed E-state index contributed by atoms with van der Waals surface area (Å²) in [5.74, 6) is 0. The maximum Gasteiger partial charge on any atom is 0.270 e. The molecule has 4 N–H and O–H groups in total. The fourth-order valence-electron chi connectivity index (χ4n) is 0.739. The second-order valence-electron chi connectivity index (χ2n) is 2.10. The zero-order valence-electron chi connectivity index (χ0n) is 6.06. The van der Waals surface area contributed by atoms with Crippen LogP contribution in [0.2, 0.25) is 0 Å². The van der Waals surface area contributed by atoms with Crippen molar-refractivity contribution in [2.45, 2.75) is 4.90 Å². The van der Waals surface area contributed by atoms with Crippen LogP contribution in [0.4, 0.5) is 11.4 Å². The summed E-state index contributed by atoms with van der Waals surface area (Å²) in [5, 5.41) is 15.5. The van der Waals surface area contributed by atoms with Gasteiger partial charge in [0.2, 0.25) is 0 Å². The number of nitrogens with zero attached hydrogens (tertiary/aromatic N) is 1. The minimum atomic E-state index is -0.487. The Kier molecular flexibility index (Phi) is 2.51. The normalized spacial score (nSPS) is 9.75. The molecule has 0 aromatic heterocycles. The molecule has 0 bridgehead atoms. The number of nitro benzene ring substituents is 1. The molecule has 0 saturated carbocycles. The van der Waals surface area contributed by atoms with Crippen molar-refractivity contribution in [3.63, 3.8) is 0 Å². The average Bonchev–Trinajstić information content (AvgIpc) is 2.05. The minimum Gasteiger partial charge on any atom is -0.398 e. The lowest BCUT2D eigenvalue weighted by molar-refractivity contribution is -0.385. The van der Waals surface area contributed by atoms with Gasteiger partial charge in [-0.2, -0.15) is 0 Å². The van der Waals surface area contributed by atoms with Crippen LogP contribution in [0, 0.1) is 10.1 Å². The van der Waals surface area contributed by atoms with Crippen molar-refractivity contribution < 1.29 is 4.92 Å². The van der Waals surface area contributed by atoms with Gasteiger partial charge in [0.05, 0.1) is 9.82 Å². The standard InChI is InChI=1S/C6H7N3O2S/c7-5-2-1-4(9(10)11)3-6(5)12-8/h1-3H,7-8H2. The van der Waals surface area contributed by atoms with Gasteiger partial charge in [-0.05, 0) is 18.0 Å². The fourth-order valence-corrected chi connectivity index (χ4v) is 1.13. The zero-order valence-corrected chi connectivity index (χ0v) is 6.88. The Bertz CT molecular complexity index is 316. The lowest BCUT2D eigenvalue weighted by Crippen LogP contribution is -1.93. The third-order valence-electron chi connectivity index (χ3n) is 1.33. The lowest BCUT2D eigenvalue weighted by atomic mass is 10.3. The first-order valence-electron chi connectivity index (χ1n) is 3.06. The van der Waals surface area contributed by atoms with Crippen LogP contribution in [0.15, 0.2) is 23.1 Å². The molecule has 0 unspecified atom stereocenters. The third-order valence-corrected chi connectivity index (χ3v) is 1.94. The third kappa shape index (κ3) is 1.66. The molecule has 0 amide bonds. The molecule has 1 aromatic rings. The van der Waals surface area contributed by atoms with E-state index in [4.69, 9.17) is 10.9 Å². The summed E-state index contributed by atoms with van der Waals surface area (Å²) in [7, 11) is 0. The highest BCUT2D eigenvalue weighted by molar-refractivity contribution is 7.97. The van der Waals surface area contributed by atoms with Crippen molar-refractivity contribution in [3.8, 4) is 0 Å². The van der Waals surface area contributed by atoms with E-state index in [2.05, 4.69) is 0 Å². The van der Waals surface area contributed by atoms with Crippen LogP contribution in [0.5, 0.6) is 0 Å². The van der Waals surface area contributed by atoms with Crippen LogP contribution in [0.1, 0.15) is 0 Å². The second-order valence-corrected chi connectivity index (χ2v) is 2.77. The molecule has 1 rings (SSSR count). The number of hydrogen-bond acceptors (Lipinski definition) is 5. The molecule has 0 fully saturated rings. The van der Waals surface area contributed by atoms with E-state index in [1.54, 1.807) is 0 Å². The largest absolute Gasteiger partial charge is 0.398 e. The van der Waals surface area contributed by atoms with Crippen molar-refractivity contribution in [2.75, 3.05) is 5.73 Å². The molecule has 0 saturated heterocycles. The van der Waals surface area contributed by atoms with Gasteiger partial charge in [0.15, 0.2) is 0 Å². The molecule has 64 valence electrons. The van der Waals surface area contributed by atoms with E-state index < -0.39 is 4.92 Å². The van der Waals surface area contributed by atoms with Gasteiger partial charge in [-0.15, -0.1) is 0 Å². The molecule has 1 aromatic carbocycles. The van der Waals surface area contributed by atoms with Gasteiger partial charge in [-0.25, -0.2) is 0 Å². The summed E-state index contributed by atoms with van der Waals surface area (Å²) in [5.41, 5.74) is 5.93. The van der Waals surface area contributed by atoms with E-state index in [9.17, 15) is 10.1 Å². The summed E-state index contributed by atoms with van der Waals surface area (Å²) in [6.07, 6.45) is 0. The van der Waals surface area contributed by atoms with Crippen LogP contribution < -0.4 is 10.9 Å². The average molecular weight is 185 g/mol. The monoisotopic (exact) mass is 185 g/mol. The Balaban J connectivity index is 3.13. The predicted molar refractivity (Wildman–Crippen MR) is 47.6 cm³/mol. The highest BCUT2D eigenvalue weighted by Gasteiger charge is 2.07. The number of benzene rings is 1. The second kappa shape index (κ2) is 3.42. The lowest BCUT2D eigenvalue weighted by Gasteiger charge is -1.99. The van der Waals surface area contributed by atoms with E-state index in [-0.39, 0.29) is 5.69 Å². The van der Waals surface area contributed by atoms with Gasteiger partial charge < -0.3 is 5.73 Å². The molecule has 0 heterocycles. The molecular weight excluding hydrogens is 178 g/mol. The zero-order chi connectivity index (χ0) is 9.14. The van der Waals surface area contributed by atoms with E-state index in [1.165, 1.54) is 18.2 Å². The van der Waals surface area contributed by atoms with E-state index >= 15 is 0 Å². The predicted octanol–water partition coefficient (Wildman–Crippen LogP) is 1.14. The minimum absolute atomic E-state index is 0.00264. The van der Waals surface area contributed by atoms with Gasteiger partial charge in [-0.1, -0.05) is 0 Å². The Morgan fingerprint density at radius 1 is 1.50 bits per heavy atom. The van der Waals surface area contributed by atoms with Crippen LogP contribution in [-0.2, 0) is 0 Å². The topological polar surface area (TPSA) is 95.2 Å². The number of nitrogen functional groups attached to an aromatic ring is 1. The number of nitro groups is 1. The first-order valence-corrected chi connectivity index (χ1v) is 3.93. The summed E-state index contributed by atoms with van der Waals surface area (Å²) in [6.45, 7) is 0. The molecule has 6 heteroatoms. The van der Waals surface area contributed by atoms with Crippen molar-refractivity contribution in [1.82, 2.24) is 0 Å². The maximum absolute atomic E-state index is 10.3. The van der Waals surface area contributed by atoms with Gasteiger partial charge in [-0.3, -0.25) is 15.3 Å². The molecule has 5 nitrogen and oxygen atoms in total. The molecule has 0 atom stereocenters. The Morgan fingerprint density at radius 3 is 2.67 bits per heavy atom. The number of rotatable bonds is 2. The molecule has 0 radical (unpaired) electrons. The summed E-state index contributed by atoms with van der Waals surface area (Å²) < 4.78 is 0. The van der Waals surface area contributed by atoms with Gasteiger partial charge in [0.25, 0.3) is 5.69 Å². The SMILES string of the molecule is NSc1cc([N+](=O)[O-])ccc1N. The van der Waals surface area contributed by atoms with E-state index in [0.717, 1.165) is 11.9 Å². The van der Waals surface area contributed by atoms with Crippen LogP contribution in [0.3, 0.4) is 0 Å². The van der Waals surface area contributed by atoms with Gasteiger partial charge in [0.1, 0.15) is 0 Å². The maximum atomic E-state index is 10.3. The first kappa shape index (κ1) is 8.82. The molecular formula is C6H7N3O2S. The molecule has 0 spiro atoms. The molecule has 0 aliphatic rings. The molecule has 0 aliphatic heterocycles. The van der Waals surface area contributed by atoms with Crippen molar-refractivity contribution in [3.05, 3.63) is 28.3 Å². The Labute approximate surface area is 73.0 Å². The van der Waals surface area contributed by atoms with Crippen LogP contribution in [-0.4, -0.2) is 4.92 Å². The molecule has 12 heavy (non-hydrogen) atoms. The number of nitrogens with two attached hydrogens (primary N) is 2. The summed E-state index contributed by atoms with van der Waals surface area (Å²) in [6, 6.07) is 4.16. The highest BCUT2D eigenvalue weighted by Crippen LogP contribution is 2.25. The number of anilines is 1. The highest BCUT2D eigenvalue weighted by atomic mass is 32.2. The summed E-state index contributed by atoms with van der Waals surface area (Å²) in [4.78, 5) is 10.3. The Morgan fingerprint density at radius 2 is 2.17 bits per heavy atom. The summed E-state index contributed by atoms with van der Waals surface area (Å²) >= 11 is 0.898. The van der Waals surface area contributed by atoms with E-state index in [0.29, 0.717) is 10.6 Å². The Hall–Kier alpha value is -1.27. The quantitative estimate of drug-likeness (QED) is 0.312. The number of non-ortho nitro benzene ring substituents is 1. The van der Waals surface area contributed by atoms with Gasteiger partial charge in [0, 0.05) is 17.8 Å². The van der Waals surface area contributed by atoms with Crippen molar-refractivity contribution in [1.29, 1.82) is 0 Å². The van der Waals surface area contributed by atoms with Crippen molar-refractivity contribution in [2.24, 2.45) is 5.14 Å². The molecule has 0 aliphatic carbocycles. The fraction of sp³-hybridized carbons (Fsp3) is 0. The number of hydrogen-bond donors (Lipinski definition) is 2. The van der Waals surface area contributed by atoms with E-state index in [1.807, 2.05) is 0 Å². The first-order chi connectivity index (χ1) is 5.65. The van der Waals surface area contributed by atoms with Crippen LogP contribution in [0.25, 0.3) is 0 Å². The smallest absolute Gasteiger partial charge is 0.270 e.